The number of morpholine rings is 1. The van der Waals surface area contributed by atoms with Crippen LogP contribution in [-0.2, 0) is 19.1 Å². The van der Waals surface area contributed by atoms with Gasteiger partial charge in [0, 0.05) is 31.3 Å². The molecule has 3 fully saturated rings. The number of piperidine rings is 1. The predicted molar refractivity (Wildman–Crippen MR) is 113 cm³/mol. The minimum Gasteiger partial charge on any atom is -0.462 e. The number of ether oxygens (including phenoxy) is 2. The molecule has 0 radical (unpaired) electrons. The lowest BCUT2D eigenvalue weighted by Gasteiger charge is -2.40. The molecule has 7 heteroatoms. The molecular weight excluding hydrogens is 438 g/mol. The van der Waals surface area contributed by atoms with Gasteiger partial charge in [0.1, 0.15) is 30.0 Å². The largest absolute Gasteiger partial charge is 0.462 e. The smallest absolute Gasteiger partial charge is 0.316 e. The first-order chi connectivity index (χ1) is 13.5. The maximum absolute atomic E-state index is 12.7. The first-order valence-electron chi connectivity index (χ1n) is 10.3. The van der Waals surface area contributed by atoms with Crippen molar-refractivity contribution >= 4 is 28.7 Å². The number of benzene rings is 1. The Morgan fingerprint density at radius 3 is 2.34 bits per heavy atom. The number of halogens is 1. The highest BCUT2D eigenvalue weighted by Gasteiger charge is 2.64. The van der Waals surface area contributed by atoms with E-state index in [1.165, 1.54) is 0 Å². The van der Waals surface area contributed by atoms with E-state index in [2.05, 4.69) is 18.7 Å². The maximum Gasteiger partial charge on any atom is 0.316 e. The molecule has 29 heavy (non-hydrogen) atoms. The zero-order valence-corrected chi connectivity index (χ0v) is 18.6. The maximum atomic E-state index is 12.7. The number of carbonyl (C=O) groups excluding carboxylic acids is 2. The molecule has 160 valence electrons. The van der Waals surface area contributed by atoms with E-state index in [0.717, 1.165) is 5.56 Å². The summed E-state index contributed by atoms with van der Waals surface area (Å²) in [5.74, 6) is -0.402. The third kappa shape index (κ3) is 4.74. The molecular formula is C22H30BrNO5. The number of ketones is 1. The van der Waals surface area contributed by atoms with Gasteiger partial charge in [0.15, 0.2) is 0 Å². The van der Waals surface area contributed by atoms with Gasteiger partial charge in [-0.05, 0) is 11.5 Å². The summed E-state index contributed by atoms with van der Waals surface area (Å²) in [5, 5.41) is 9.69. The second-order valence-electron chi connectivity index (χ2n) is 8.69. The van der Waals surface area contributed by atoms with Crippen LogP contribution in [0.3, 0.4) is 0 Å². The average Bonchev–Trinajstić information content (AvgIpc) is 3.40. The standard InChI is InChI=1S/C22H29NO5.BrH/c1-13(2)8-15(25)11-23-18-9-16(10-19(23)21-20(18)28-21)27-22(26)17(12-24)14-6-4-3-5-7-14;/h3-7,13,16-21,24H,8-12H2,1-2H3;1H. The summed E-state index contributed by atoms with van der Waals surface area (Å²) in [5.41, 5.74) is 0.765. The number of hydrogen-bond acceptors (Lipinski definition) is 6. The highest BCUT2D eigenvalue weighted by Crippen LogP contribution is 2.49. The Kier molecular flexibility index (Phi) is 7.14. The van der Waals surface area contributed by atoms with Gasteiger partial charge in [-0.15, -0.1) is 17.0 Å². The van der Waals surface area contributed by atoms with E-state index in [4.69, 9.17) is 9.47 Å². The average molecular weight is 468 g/mol. The Hall–Kier alpha value is -1.28. The van der Waals surface area contributed by atoms with Crippen molar-refractivity contribution < 1.29 is 24.2 Å². The molecule has 4 rings (SSSR count). The molecule has 2 bridgehead atoms. The zero-order chi connectivity index (χ0) is 19.8. The number of aliphatic hydroxyl groups is 1. The third-order valence-electron chi connectivity index (χ3n) is 6.13. The fourth-order valence-electron chi connectivity index (χ4n) is 4.85. The van der Waals surface area contributed by atoms with Gasteiger partial charge in [0.25, 0.3) is 0 Å². The summed E-state index contributed by atoms with van der Waals surface area (Å²) in [4.78, 5) is 27.3. The molecule has 0 amide bonds. The molecule has 6 nitrogen and oxygen atoms in total. The van der Waals surface area contributed by atoms with E-state index in [-0.39, 0.29) is 65.7 Å². The SMILES string of the molecule is Br.CC(C)CC(=O)CN1C2CC(OC(=O)C(CO)c3ccccc3)CC1C1OC12. The fraction of sp³-hybridized carbons (Fsp3) is 0.636. The number of fused-ring (bicyclic) bond motifs is 5. The minimum absolute atomic E-state index is 0. The first-order valence-corrected chi connectivity index (χ1v) is 10.3. The molecule has 3 aliphatic heterocycles. The number of Topliss-reactive ketones (excluding diaryl/α,β-unsaturated/α-hetero) is 1. The van der Waals surface area contributed by atoms with Crippen molar-refractivity contribution in [3.63, 3.8) is 0 Å². The second kappa shape index (κ2) is 9.25. The van der Waals surface area contributed by atoms with Gasteiger partial charge >= 0.3 is 5.97 Å². The summed E-state index contributed by atoms with van der Waals surface area (Å²) in [7, 11) is 0. The van der Waals surface area contributed by atoms with Crippen LogP contribution < -0.4 is 0 Å². The molecule has 1 aromatic carbocycles. The van der Waals surface area contributed by atoms with Gasteiger partial charge in [-0.25, -0.2) is 0 Å². The van der Waals surface area contributed by atoms with Crippen LogP contribution in [0.2, 0.25) is 0 Å². The van der Waals surface area contributed by atoms with Gasteiger partial charge in [-0.3, -0.25) is 14.5 Å². The Labute approximate surface area is 182 Å². The molecule has 5 unspecified atom stereocenters. The van der Waals surface area contributed by atoms with Crippen molar-refractivity contribution in [2.45, 2.75) is 69.4 Å². The lowest BCUT2D eigenvalue weighted by molar-refractivity contribution is -0.157. The molecule has 5 atom stereocenters. The van der Waals surface area contributed by atoms with Gasteiger partial charge < -0.3 is 14.6 Å². The first kappa shape index (κ1) is 22.4. The van der Waals surface area contributed by atoms with Crippen LogP contribution >= 0.6 is 17.0 Å². The zero-order valence-electron chi connectivity index (χ0n) is 16.9. The summed E-state index contributed by atoms with van der Waals surface area (Å²) in [6, 6.07) is 9.52. The van der Waals surface area contributed by atoms with Gasteiger partial charge in [-0.2, -0.15) is 0 Å². The van der Waals surface area contributed by atoms with Gasteiger partial charge in [0.05, 0.1) is 13.2 Å². The molecule has 3 heterocycles. The van der Waals surface area contributed by atoms with Crippen molar-refractivity contribution in [3.8, 4) is 0 Å². The van der Waals surface area contributed by atoms with Crippen LogP contribution in [0.1, 0.15) is 44.6 Å². The lowest BCUT2D eigenvalue weighted by atomic mass is 9.96. The van der Waals surface area contributed by atoms with Gasteiger partial charge in [-0.1, -0.05) is 44.2 Å². The van der Waals surface area contributed by atoms with E-state index in [9.17, 15) is 14.7 Å². The number of epoxide rings is 1. The Morgan fingerprint density at radius 2 is 1.79 bits per heavy atom. The molecule has 0 aromatic heterocycles. The van der Waals surface area contributed by atoms with E-state index in [1.807, 2.05) is 30.3 Å². The predicted octanol–water partition coefficient (Wildman–Crippen LogP) is 2.48. The number of aliphatic hydroxyl groups excluding tert-OH is 1. The highest BCUT2D eigenvalue weighted by atomic mass is 79.9. The van der Waals surface area contributed by atoms with E-state index in [1.54, 1.807) is 0 Å². The quantitative estimate of drug-likeness (QED) is 0.467. The van der Waals surface area contributed by atoms with Crippen molar-refractivity contribution in [1.29, 1.82) is 0 Å². The second-order valence-corrected chi connectivity index (χ2v) is 8.69. The molecule has 0 spiro atoms. The minimum atomic E-state index is -0.657. The van der Waals surface area contributed by atoms with Crippen molar-refractivity contribution in [1.82, 2.24) is 4.90 Å². The highest BCUT2D eigenvalue weighted by molar-refractivity contribution is 8.93. The summed E-state index contributed by atoms with van der Waals surface area (Å²) >= 11 is 0. The summed E-state index contributed by atoms with van der Waals surface area (Å²) in [6.45, 7) is 4.31. The summed E-state index contributed by atoms with van der Waals surface area (Å²) < 4.78 is 11.6. The molecule has 1 aromatic rings. The number of esters is 1. The van der Waals surface area contributed by atoms with Crippen LogP contribution in [-0.4, -0.2) is 65.3 Å². The molecule has 0 saturated carbocycles. The Bertz CT molecular complexity index is 709. The van der Waals surface area contributed by atoms with Gasteiger partial charge in [0.2, 0.25) is 0 Å². The molecule has 3 saturated heterocycles. The number of carbonyl (C=O) groups is 2. The third-order valence-corrected chi connectivity index (χ3v) is 6.13. The van der Waals surface area contributed by atoms with Crippen LogP contribution in [0.5, 0.6) is 0 Å². The van der Waals surface area contributed by atoms with Crippen molar-refractivity contribution in [2.75, 3.05) is 13.2 Å². The number of nitrogens with zero attached hydrogens (tertiary/aromatic N) is 1. The van der Waals surface area contributed by atoms with Crippen LogP contribution in [0.4, 0.5) is 0 Å². The van der Waals surface area contributed by atoms with E-state index < -0.39 is 5.92 Å². The molecule has 0 aliphatic carbocycles. The molecule has 3 aliphatic rings. The van der Waals surface area contributed by atoms with E-state index in [0.29, 0.717) is 31.7 Å². The fourth-order valence-corrected chi connectivity index (χ4v) is 4.85. The van der Waals surface area contributed by atoms with Crippen LogP contribution in [0.25, 0.3) is 0 Å². The Morgan fingerprint density at radius 1 is 1.17 bits per heavy atom. The van der Waals surface area contributed by atoms with Crippen molar-refractivity contribution in [3.05, 3.63) is 35.9 Å². The topological polar surface area (TPSA) is 79.4 Å². The molecule has 1 N–H and O–H groups in total. The van der Waals surface area contributed by atoms with Crippen LogP contribution in [0.15, 0.2) is 30.3 Å². The van der Waals surface area contributed by atoms with Crippen LogP contribution in [0, 0.1) is 5.92 Å². The normalized spacial score (nSPS) is 31.0. The van der Waals surface area contributed by atoms with E-state index >= 15 is 0 Å². The lowest BCUT2D eigenvalue weighted by Crippen LogP contribution is -2.52. The monoisotopic (exact) mass is 467 g/mol. The van der Waals surface area contributed by atoms with Crippen molar-refractivity contribution in [2.24, 2.45) is 5.92 Å². The number of rotatable bonds is 8. The number of hydrogen-bond donors (Lipinski definition) is 1. The Balaban J connectivity index is 0.00000240. The summed E-state index contributed by atoms with van der Waals surface area (Å²) in [6.07, 6.45) is 2.12.